The number of aryl methyl sites for hydroxylation is 2. The van der Waals surface area contributed by atoms with Gasteiger partial charge in [0.15, 0.2) is 0 Å². The molecule has 0 saturated heterocycles. The molecule has 174 valence electrons. The van der Waals surface area contributed by atoms with Crippen LogP contribution in [-0.4, -0.2) is 9.97 Å². The first-order valence-electron chi connectivity index (χ1n) is 12.7. The molecule has 0 amide bonds. The van der Waals surface area contributed by atoms with Crippen molar-refractivity contribution in [3.05, 3.63) is 47.8 Å². The van der Waals surface area contributed by atoms with Crippen LogP contribution in [0.15, 0.2) is 36.7 Å². The average Bonchev–Trinajstić information content (AvgIpc) is 2.78. The van der Waals surface area contributed by atoms with E-state index < -0.39 is 0 Å². The van der Waals surface area contributed by atoms with Gasteiger partial charge in [0.2, 0.25) is 0 Å². The van der Waals surface area contributed by atoms with Crippen LogP contribution in [0.2, 0.25) is 0 Å². The van der Waals surface area contributed by atoms with Crippen molar-refractivity contribution in [2.24, 2.45) is 0 Å². The van der Waals surface area contributed by atoms with Gasteiger partial charge in [-0.05, 0) is 61.1 Å². The Bertz CT molecular complexity index is 627. The molecule has 2 aromatic heterocycles. The normalized spacial score (nSPS) is 10.8. The van der Waals surface area contributed by atoms with Gasteiger partial charge >= 0.3 is 0 Å². The molecule has 0 spiro atoms. The van der Waals surface area contributed by atoms with Gasteiger partial charge in [0, 0.05) is 31.9 Å². The first kappa shape index (κ1) is 28.0. The number of pyridine rings is 2. The molecule has 0 aliphatic heterocycles. The molecule has 2 heterocycles. The van der Waals surface area contributed by atoms with Crippen LogP contribution in [0, 0.1) is 0 Å². The van der Waals surface area contributed by atoms with Gasteiger partial charge in [-0.3, -0.25) is 9.97 Å². The standard InChI is InChI=1S/C28H44N2.Ru/c1-3-5-7-9-11-13-15-17-25-19-21-29-27(23-25)28-24-26(20-22-30-28)18-16-14-12-10-8-6-4-2;/h19-24H,3-18H2,1-2H3;. The maximum Gasteiger partial charge on any atom is 0.0888 e. The van der Waals surface area contributed by atoms with E-state index in [4.69, 9.17) is 0 Å². The predicted octanol–water partition coefficient (Wildman–Crippen LogP) is 8.73. The van der Waals surface area contributed by atoms with E-state index in [2.05, 4.69) is 48.1 Å². The first-order valence-corrected chi connectivity index (χ1v) is 12.7. The number of rotatable bonds is 17. The zero-order chi connectivity index (χ0) is 21.3. The van der Waals surface area contributed by atoms with Gasteiger partial charge in [-0.1, -0.05) is 90.9 Å². The third-order valence-electron chi connectivity index (χ3n) is 6.05. The molecule has 3 heteroatoms. The molecule has 0 unspecified atom stereocenters. The molecule has 0 aliphatic carbocycles. The molecule has 0 aromatic carbocycles. The third-order valence-corrected chi connectivity index (χ3v) is 6.05. The van der Waals surface area contributed by atoms with E-state index in [1.54, 1.807) is 0 Å². The second kappa shape index (κ2) is 18.5. The summed E-state index contributed by atoms with van der Waals surface area (Å²) >= 11 is 0. The van der Waals surface area contributed by atoms with E-state index in [9.17, 15) is 0 Å². The number of hydrogen-bond acceptors (Lipinski definition) is 2. The van der Waals surface area contributed by atoms with Gasteiger partial charge in [0.05, 0.1) is 11.4 Å². The van der Waals surface area contributed by atoms with E-state index in [-0.39, 0.29) is 19.5 Å². The fraction of sp³-hybridized carbons (Fsp3) is 0.643. The minimum absolute atomic E-state index is 0. The van der Waals surface area contributed by atoms with Gasteiger partial charge < -0.3 is 0 Å². The van der Waals surface area contributed by atoms with Crippen molar-refractivity contribution in [2.75, 3.05) is 0 Å². The van der Waals surface area contributed by atoms with E-state index >= 15 is 0 Å². The number of aromatic nitrogens is 2. The fourth-order valence-corrected chi connectivity index (χ4v) is 4.11. The second-order valence-electron chi connectivity index (χ2n) is 8.84. The Kier molecular flexibility index (Phi) is 16.7. The van der Waals surface area contributed by atoms with Gasteiger partial charge in [-0.15, -0.1) is 0 Å². The Balaban J connectivity index is 0.00000480. The van der Waals surface area contributed by atoms with Crippen molar-refractivity contribution in [1.82, 2.24) is 9.97 Å². The average molecular weight is 510 g/mol. The van der Waals surface area contributed by atoms with Crippen molar-refractivity contribution in [1.29, 1.82) is 0 Å². The SMILES string of the molecule is CCCCCCCCCc1ccnc(-c2cc(CCCCCCCCC)ccn2)c1.[Ru]. The van der Waals surface area contributed by atoms with Gasteiger partial charge in [-0.25, -0.2) is 0 Å². The summed E-state index contributed by atoms with van der Waals surface area (Å²) in [5, 5.41) is 0. The predicted molar refractivity (Wildman–Crippen MR) is 131 cm³/mol. The molecule has 0 aliphatic rings. The maximum absolute atomic E-state index is 4.60. The van der Waals surface area contributed by atoms with Crippen LogP contribution < -0.4 is 0 Å². The van der Waals surface area contributed by atoms with E-state index in [1.807, 2.05) is 12.4 Å². The van der Waals surface area contributed by atoms with Crippen molar-refractivity contribution in [3.8, 4) is 11.4 Å². The van der Waals surface area contributed by atoms with Crippen LogP contribution >= 0.6 is 0 Å². The van der Waals surface area contributed by atoms with E-state index in [1.165, 1.54) is 101 Å². The van der Waals surface area contributed by atoms with Gasteiger partial charge in [-0.2, -0.15) is 0 Å². The summed E-state index contributed by atoms with van der Waals surface area (Å²) < 4.78 is 0. The summed E-state index contributed by atoms with van der Waals surface area (Å²) in [6.07, 6.45) is 25.2. The molecular weight excluding hydrogens is 465 g/mol. The molecule has 0 radical (unpaired) electrons. The quantitative estimate of drug-likeness (QED) is 0.157. The summed E-state index contributed by atoms with van der Waals surface area (Å²) in [4.78, 5) is 9.21. The molecule has 2 nitrogen and oxygen atoms in total. The molecular formula is C28H44N2Ru. The van der Waals surface area contributed by atoms with Crippen molar-refractivity contribution < 1.29 is 19.5 Å². The molecule has 2 aromatic rings. The van der Waals surface area contributed by atoms with Crippen molar-refractivity contribution in [2.45, 2.75) is 117 Å². The number of nitrogens with zero attached hydrogens (tertiary/aromatic N) is 2. The summed E-state index contributed by atoms with van der Waals surface area (Å²) in [6, 6.07) is 8.83. The van der Waals surface area contributed by atoms with E-state index in [0.29, 0.717) is 0 Å². The zero-order valence-electron chi connectivity index (χ0n) is 20.0. The van der Waals surface area contributed by atoms with Crippen molar-refractivity contribution >= 4 is 0 Å². The van der Waals surface area contributed by atoms with Crippen LogP contribution in [0.4, 0.5) is 0 Å². The Labute approximate surface area is 204 Å². The maximum atomic E-state index is 4.60. The van der Waals surface area contributed by atoms with Crippen LogP contribution in [0.5, 0.6) is 0 Å². The summed E-state index contributed by atoms with van der Waals surface area (Å²) in [5.41, 5.74) is 4.84. The monoisotopic (exact) mass is 510 g/mol. The number of hydrogen-bond donors (Lipinski definition) is 0. The molecule has 31 heavy (non-hydrogen) atoms. The summed E-state index contributed by atoms with van der Waals surface area (Å²) in [7, 11) is 0. The third kappa shape index (κ3) is 12.5. The van der Waals surface area contributed by atoms with Crippen LogP contribution in [0.1, 0.15) is 115 Å². The molecule has 0 bridgehead atoms. The minimum atomic E-state index is 0. The van der Waals surface area contributed by atoms with Crippen molar-refractivity contribution in [3.63, 3.8) is 0 Å². The zero-order valence-corrected chi connectivity index (χ0v) is 21.8. The largest absolute Gasteiger partial charge is 0.255 e. The molecule has 0 atom stereocenters. The molecule has 0 fully saturated rings. The Morgan fingerprint density at radius 2 is 0.871 bits per heavy atom. The second-order valence-corrected chi connectivity index (χ2v) is 8.84. The molecule has 0 saturated carbocycles. The summed E-state index contributed by atoms with van der Waals surface area (Å²) in [5.74, 6) is 0. The Morgan fingerprint density at radius 3 is 1.26 bits per heavy atom. The van der Waals surface area contributed by atoms with Crippen LogP contribution in [0.3, 0.4) is 0 Å². The smallest absolute Gasteiger partial charge is 0.0888 e. The summed E-state index contributed by atoms with van der Waals surface area (Å²) in [6.45, 7) is 4.56. The Morgan fingerprint density at radius 1 is 0.516 bits per heavy atom. The first-order chi connectivity index (χ1) is 14.8. The molecule has 0 N–H and O–H groups in total. The molecule has 2 rings (SSSR count). The van der Waals surface area contributed by atoms with Crippen LogP contribution in [0.25, 0.3) is 11.4 Å². The van der Waals surface area contributed by atoms with Crippen LogP contribution in [-0.2, 0) is 32.3 Å². The van der Waals surface area contributed by atoms with Gasteiger partial charge in [0.25, 0.3) is 0 Å². The van der Waals surface area contributed by atoms with Gasteiger partial charge in [0.1, 0.15) is 0 Å². The number of unbranched alkanes of at least 4 members (excludes halogenated alkanes) is 12. The fourth-order valence-electron chi connectivity index (χ4n) is 4.11. The van der Waals surface area contributed by atoms with E-state index in [0.717, 1.165) is 24.2 Å². The Hall–Kier alpha value is -1.08. The minimum Gasteiger partial charge on any atom is -0.255 e. The topological polar surface area (TPSA) is 25.8 Å².